The van der Waals surface area contributed by atoms with E-state index in [-0.39, 0.29) is 18.5 Å². The number of aliphatic carboxylic acids is 1. The van der Waals surface area contributed by atoms with Crippen LogP contribution in [0.4, 0.5) is 4.79 Å². The molecule has 0 heterocycles. The van der Waals surface area contributed by atoms with E-state index in [1.807, 2.05) is 30.3 Å². The molecule has 1 aliphatic carbocycles. The minimum atomic E-state index is -0.932. The van der Waals surface area contributed by atoms with Crippen LogP contribution in [0, 0.1) is 5.92 Å². The first-order valence-corrected chi connectivity index (χ1v) is 7.38. The van der Waals surface area contributed by atoms with Gasteiger partial charge in [0.2, 0.25) is 0 Å². The van der Waals surface area contributed by atoms with Crippen LogP contribution < -0.4 is 10.6 Å². The van der Waals surface area contributed by atoms with E-state index >= 15 is 0 Å². The van der Waals surface area contributed by atoms with Crippen molar-refractivity contribution < 1.29 is 14.7 Å². The van der Waals surface area contributed by atoms with E-state index in [1.54, 1.807) is 0 Å². The van der Waals surface area contributed by atoms with Gasteiger partial charge in [-0.25, -0.2) is 4.79 Å². The maximum absolute atomic E-state index is 12.1. The lowest BCUT2D eigenvalue weighted by molar-refractivity contribution is -0.137. The number of carboxylic acids is 1. The third kappa shape index (κ3) is 4.77. The first kappa shape index (κ1) is 15.4. The molecule has 0 radical (unpaired) electrons. The van der Waals surface area contributed by atoms with E-state index in [1.165, 1.54) is 0 Å². The molecule has 1 aliphatic rings. The lowest BCUT2D eigenvalue weighted by Gasteiger charge is -2.20. The molecule has 3 N–H and O–H groups in total. The highest BCUT2D eigenvalue weighted by atomic mass is 16.4. The van der Waals surface area contributed by atoms with Crippen LogP contribution in [0.2, 0.25) is 0 Å². The number of amides is 2. The van der Waals surface area contributed by atoms with Gasteiger partial charge in [-0.15, -0.1) is 0 Å². The van der Waals surface area contributed by atoms with Crippen molar-refractivity contribution in [1.82, 2.24) is 10.6 Å². The van der Waals surface area contributed by atoms with E-state index < -0.39 is 12.0 Å². The van der Waals surface area contributed by atoms with Crippen molar-refractivity contribution in [2.45, 2.75) is 44.7 Å². The molecule has 21 heavy (non-hydrogen) atoms. The summed E-state index contributed by atoms with van der Waals surface area (Å²) in [6.07, 6.45) is 2.98. The van der Waals surface area contributed by atoms with Gasteiger partial charge in [-0.3, -0.25) is 4.79 Å². The second kappa shape index (κ2) is 7.11. The van der Waals surface area contributed by atoms with E-state index in [0.29, 0.717) is 5.92 Å². The van der Waals surface area contributed by atoms with Crippen LogP contribution in [0.15, 0.2) is 30.3 Å². The van der Waals surface area contributed by atoms with Gasteiger partial charge in [0.15, 0.2) is 0 Å². The van der Waals surface area contributed by atoms with Crippen LogP contribution in [0.5, 0.6) is 0 Å². The van der Waals surface area contributed by atoms with Gasteiger partial charge in [0.1, 0.15) is 0 Å². The molecule has 2 rings (SSSR count). The fourth-order valence-corrected chi connectivity index (χ4v) is 2.84. The first-order chi connectivity index (χ1) is 10.0. The molecule has 5 heteroatoms. The summed E-state index contributed by atoms with van der Waals surface area (Å²) in [4.78, 5) is 23.0. The van der Waals surface area contributed by atoms with E-state index in [0.717, 1.165) is 24.8 Å². The van der Waals surface area contributed by atoms with Crippen molar-refractivity contribution >= 4 is 12.0 Å². The number of hydrogen-bond acceptors (Lipinski definition) is 2. The summed E-state index contributed by atoms with van der Waals surface area (Å²) in [5.41, 5.74) is 0.801. The molecule has 0 aliphatic heterocycles. The molecule has 3 unspecified atom stereocenters. The third-order valence-corrected chi connectivity index (χ3v) is 3.92. The van der Waals surface area contributed by atoms with Gasteiger partial charge >= 0.3 is 12.0 Å². The quantitative estimate of drug-likeness (QED) is 0.780. The Morgan fingerprint density at radius 3 is 2.57 bits per heavy atom. The summed E-state index contributed by atoms with van der Waals surface area (Å²) in [6, 6.07) is 8.58. The predicted octanol–water partition coefficient (Wildman–Crippen LogP) is 2.69. The molecule has 0 bridgehead atoms. The number of carboxylic acid groups (broad SMARTS) is 1. The molecule has 0 aromatic heterocycles. The SMILES string of the molecule is CC1CCC(NC(=O)NC(CC(=O)O)c2ccccc2)C1. The summed E-state index contributed by atoms with van der Waals surface area (Å²) in [6.45, 7) is 2.18. The van der Waals surface area contributed by atoms with Crippen molar-refractivity contribution in [3.8, 4) is 0 Å². The van der Waals surface area contributed by atoms with Crippen LogP contribution in [-0.2, 0) is 4.79 Å². The lowest BCUT2D eigenvalue weighted by Crippen LogP contribution is -2.43. The summed E-state index contributed by atoms with van der Waals surface area (Å²) in [5, 5.41) is 14.7. The molecule has 114 valence electrons. The number of carbonyl (C=O) groups excluding carboxylic acids is 1. The molecule has 5 nitrogen and oxygen atoms in total. The van der Waals surface area contributed by atoms with Gasteiger partial charge in [0.05, 0.1) is 12.5 Å². The fourth-order valence-electron chi connectivity index (χ4n) is 2.84. The van der Waals surface area contributed by atoms with E-state index in [9.17, 15) is 9.59 Å². The second-order valence-corrected chi connectivity index (χ2v) is 5.79. The number of nitrogens with one attached hydrogen (secondary N) is 2. The average Bonchev–Trinajstić information content (AvgIpc) is 2.83. The van der Waals surface area contributed by atoms with Gasteiger partial charge in [-0.1, -0.05) is 37.3 Å². The molecule has 1 saturated carbocycles. The average molecular weight is 290 g/mol. The Balaban J connectivity index is 1.95. The summed E-state index contributed by atoms with van der Waals surface area (Å²) < 4.78 is 0. The molecule has 0 spiro atoms. The maximum atomic E-state index is 12.1. The Labute approximate surface area is 124 Å². The minimum absolute atomic E-state index is 0.126. The Morgan fingerprint density at radius 1 is 1.29 bits per heavy atom. The minimum Gasteiger partial charge on any atom is -0.481 e. The second-order valence-electron chi connectivity index (χ2n) is 5.79. The number of urea groups is 1. The zero-order valence-corrected chi connectivity index (χ0v) is 12.2. The van der Waals surface area contributed by atoms with Crippen molar-refractivity contribution in [1.29, 1.82) is 0 Å². The Morgan fingerprint density at radius 2 is 2.00 bits per heavy atom. The van der Waals surface area contributed by atoms with Crippen LogP contribution in [0.1, 0.15) is 44.2 Å². The number of hydrogen-bond donors (Lipinski definition) is 3. The molecule has 0 saturated heterocycles. The zero-order chi connectivity index (χ0) is 15.2. The van der Waals surface area contributed by atoms with Gasteiger partial charge in [0, 0.05) is 6.04 Å². The smallest absolute Gasteiger partial charge is 0.315 e. The van der Waals surface area contributed by atoms with Crippen molar-refractivity contribution in [3.63, 3.8) is 0 Å². The fraction of sp³-hybridized carbons (Fsp3) is 0.500. The lowest BCUT2D eigenvalue weighted by atomic mass is 10.0. The standard InChI is InChI=1S/C16H22N2O3/c1-11-7-8-13(9-11)17-16(21)18-14(10-15(19)20)12-5-3-2-4-6-12/h2-6,11,13-14H,7-10H2,1H3,(H,19,20)(H2,17,18,21). The van der Waals surface area contributed by atoms with Gasteiger partial charge in [0.25, 0.3) is 0 Å². The van der Waals surface area contributed by atoms with E-state index in [2.05, 4.69) is 17.6 Å². The molecule has 1 fully saturated rings. The molecule has 1 aromatic carbocycles. The predicted molar refractivity (Wildman–Crippen MR) is 79.9 cm³/mol. The Bertz CT molecular complexity index is 490. The van der Waals surface area contributed by atoms with Gasteiger partial charge in [-0.2, -0.15) is 0 Å². The van der Waals surface area contributed by atoms with Crippen molar-refractivity contribution in [3.05, 3.63) is 35.9 Å². The number of carbonyl (C=O) groups is 2. The van der Waals surface area contributed by atoms with Crippen LogP contribution in [0.3, 0.4) is 0 Å². The number of benzene rings is 1. The topological polar surface area (TPSA) is 78.4 Å². The summed E-state index contributed by atoms with van der Waals surface area (Å²) in [7, 11) is 0. The van der Waals surface area contributed by atoms with E-state index in [4.69, 9.17) is 5.11 Å². The Kier molecular flexibility index (Phi) is 5.20. The van der Waals surface area contributed by atoms with Gasteiger partial charge in [-0.05, 0) is 30.7 Å². The van der Waals surface area contributed by atoms with Crippen LogP contribution >= 0.6 is 0 Å². The summed E-state index contributed by atoms with van der Waals surface area (Å²) in [5.74, 6) is -0.294. The largest absolute Gasteiger partial charge is 0.481 e. The van der Waals surface area contributed by atoms with Crippen molar-refractivity contribution in [2.75, 3.05) is 0 Å². The highest BCUT2D eigenvalue weighted by molar-refractivity contribution is 5.76. The Hall–Kier alpha value is -2.04. The zero-order valence-electron chi connectivity index (χ0n) is 12.2. The number of rotatable bonds is 5. The molecule has 2 amide bonds. The van der Waals surface area contributed by atoms with Crippen LogP contribution in [0.25, 0.3) is 0 Å². The molecular weight excluding hydrogens is 268 g/mol. The third-order valence-electron chi connectivity index (χ3n) is 3.92. The van der Waals surface area contributed by atoms with Crippen molar-refractivity contribution in [2.24, 2.45) is 5.92 Å². The summed E-state index contributed by atoms with van der Waals surface area (Å²) >= 11 is 0. The van der Waals surface area contributed by atoms with Crippen LogP contribution in [-0.4, -0.2) is 23.1 Å². The van der Waals surface area contributed by atoms with Gasteiger partial charge < -0.3 is 15.7 Å². The molecule has 3 atom stereocenters. The highest BCUT2D eigenvalue weighted by Gasteiger charge is 2.24. The monoisotopic (exact) mass is 290 g/mol. The first-order valence-electron chi connectivity index (χ1n) is 7.38. The molecule has 1 aromatic rings. The maximum Gasteiger partial charge on any atom is 0.315 e. The highest BCUT2D eigenvalue weighted by Crippen LogP contribution is 2.24. The normalized spacial score (nSPS) is 22.5. The molecular formula is C16H22N2O3.